The van der Waals surface area contributed by atoms with E-state index in [1.54, 1.807) is 0 Å². The number of benzene rings is 1. The highest BCUT2D eigenvalue weighted by atomic mass is 32.2. The average molecular weight is 368 g/mol. The minimum absolute atomic E-state index is 0.00321. The molecular formula is C17H24N2O5S. The molecule has 1 saturated carbocycles. The molecule has 0 aromatic heterocycles. The number of carboxylic acid groups (broad SMARTS) is 1. The lowest BCUT2D eigenvalue weighted by atomic mass is 10.0. The fourth-order valence-corrected chi connectivity index (χ4v) is 3.53. The number of aliphatic carboxylic acids is 1. The van der Waals surface area contributed by atoms with Gasteiger partial charge < -0.3 is 10.4 Å². The van der Waals surface area contributed by atoms with Gasteiger partial charge in [-0.05, 0) is 49.3 Å². The third-order valence-electron chi connectivity index (χ3n) is 3.98. The molecule has 0 heterocycles. The van der Waals surface area contributed by atoms with Crippen LogP contribution in [0.5, 0.6) is 0 Å². The number of carbonyl (C=O) groups excluding carboxylic acids is 1. The van der Waals surface area contributed by atoms with Crippen molar-refractivity contribution in [2.45, 2.75) is 44.0 Å². The lowest BCUT2D eigenvalue weighted by molar-refractivity contribution is -0.139. The second-order valence-electron chi connectivity index (χ2n) is 6.82. The normalized spacial score (nSPS) is 15.8. The predicted molar refractivity (Wildman–Crippen MR) is 92.7 cm³/mol. The van der Waals surface area contributed by atoms with E-state index in [0.717, 1.165) is 12.8 Å². The van der Waals surface area contributed by atoms with Crippen molar-refractivity contribution in [2.75, 3.05) is 6.54 Å². The van der Waals surface area contributed by atoms with Crippen LogP contribution in [0.4, 0.5) is 0 Å². The second kappa shape index (κ2) is 7.97. The molecule has 0 spiro atoms. The number of carboxylic acids is 1. The van der Waals surface area contributed by atoms with Gasteiger partial charge >= 0.3 is 5.97 Å². The number of rotatable bonds is 9. The fourth-order valence-electron chi connectivity index (χ4n) is 2.37. The van der Waals surface area contributed by atoms with Crippen LogP contribution in [0.25, 0.3) is 0 Å². The molecule has 7 nitrogen and oxygen atoms in total. The van der Waals surface area contributed by atoms with Gasteiger partial charge in [-0.3, -0.25) is 4.79 Å². The van der Waals surface area contributed by atoms with Crippen molar-refractivity contribution in [2.24, 2.45) is 11.8 Å². The van der Waals surface area contributed by atoms with Crippen LogP contribution in [0.1, 0.15) is 43.5 Å². The Labute approximate surface area is 147 Å². The molecule has 1 aliphatic rings. The maximum absolute atomic E-state index is 12.3. The van der Waals surface area contributed by atoms with Gasteiger partial charge in [0.1, 0.15) is 6.04 Å². The van der Waals surface area contributed by atoms with Crippen molar-refractivity contribution in [1.82, 2.24) is 10.0 Å². The highest BCUT2D eigenvalue weighted by molar-refractivity contribution is 7.89. The maximum Gasteiger partial charge on any atom is 0.326 e. The Morgan fingerprint density at radius 3 is 2.52 bits per heavy atom. The molecule has 1 aromatic rings. The van der Waals surface area contributed by atoms with E-state index in [4.69, 9.17) is 0 Å². The van der Waals surface area contributed by atoms with Gasteiger partial charge in [0.05, 0.1) is 4.90 Å². The smallest absolute Gasteiger partial charge is 0.326 e. The lowest BCUT2D eigenvalue weighted by Crippen LogP contribution is -2.41. The zero-order valence-electron chi connectivity index (χ0n) is 14.4. The van der Waals surface area contributed by atoms with Gasteiger partial charge in [0.15, 0.2) is 0 Å². The van der Waals surface area contributed by atoms with E-state index in [1.807, 2.05) is 13.8 Å². The third kappa shape index (κ3) is 5.82. The van der Waals surface area contributed by atoms with Crippen molar-refractivity contribution < 1.29 is 23.1 Å². The summed E-state index contributed by atoms with van der Waals surface area (Å²) in [5.74, 6) is -1.22. The number of carbonyl (C=O) groups is 2. The molecule has 0 unspecified atom stereocenters. The summed E-state index contributed by atoms with van der Waals surface area (Å²) in [5.41, 5.74) is 0.115. The largest absolute Gasteiger partial charge is 0.480 e. The topological polar surface area (TPSA) is 113 Å². The summed E-state index contributed by atoms with van der Waals surface area (Å²) in [6, 6.07) is 4.59. The molecule has 2 rings (SSSR count). The zero-order valence-corrected chi connectivity index (χ0v) is 15.2. The minimum atomic E-state index is -3.68. The van der Waals surface area contributed by atoms with Crippen LogP contribution in [-0.2, 0) is 14.8 Å². The van der Waals surface area contributed by atoms with Crippen LogP contribution in [0.2, 0.25) is 0 Å². The van der Waals surface area contributed by atoms with E-state index in [-0.39, 0.29) is 16.4 Å². The van der Waals surface area contributed by atoms with E-state index in [1.165, 1.54) is 24.3 Å². The summed E-state index contributed by atoms with van der Waals surface area (Å²) < 4.78 is 27.1. The molecule has 0 aliphatic heterocycles. The Morgan fingerprint density at radius 2 is 1.96 bits per heavy atom. The summed E-state index contributed by atoms with van der Waals surface area (Å²) in [6.07, 6.45) is 2.34. The molecule has 0 radical (unpaired) electrons. The number of nitrogens with one attached hydrogen (secondary N) is 2. The Hall–Kier alpha value is -1.93. The maximum atomic E-state index is 12.3. The highest BCUT2D eigenvalue weighted by Crippen LogP contribution is 2.28. The number of hydrogen-bond acceptors (Lipinski definition) is 4. The summed E-state index contributed by atoms with van der Waals surface area (Å²) in [5, 5.41) is 11.7. The molecule has 1 fully saturated rings. The molecule has 0 bridgehead atoms. The van der Waals surface area contributed by atoms with E-state index < -0.39 is 27.9 Å². The lowest BCUT2D eigenvalue weighted by Gasteiger charge is -2.16. The SMILES string of the molecule is CC(C)C[C@@H](NC(=O)c1cccc(S(=O)(=O)NCC2CC2)c1)C(=O)O. The third-order valence-corrected chi connectivity index (χ3v) is 5.40. The highest BCUT2D eigenvalue weighted by Gasteiger charge is 2.25. The summed E-state index contributed by atoms with van der Waals surface area (Å²) in [6.45, 7) is 4.12. The van der Waals surface area contributed by atoms with Crippen molar-refractivity contribution >= 4 is 21.9 Å². The first kappa shape index (κ1) is 19.4. The van der Waals surface area contributed by atoms with Crippen LogP contribution in [0.3, 0.4) is 0 Å². The van der Waals surface area contributed by atoms with Crippen LogP contribution in [0, 0.1) is 11.8 Å². The molecule has 25 heavy (non-hydrogen) atoms. The number of amides is 1. The summed E-state index contributed by atoms with van der Waals surface area (Å²) in [7, 11) is -3.68. The Morgan fingerprint density at radius 1 is 1.28 bits per heavy atom. The summed E-state index contributed by atoms with van der Waals surface area (Å²) >= 11 is 0. The molecule has 1 amide bonds. The van der Waals surface area contributed by atoms with Crippen LogP contribution in [0.15, 0.2) is 29.2 Å². The molecule has 1 atom stereocenters. The zero-order chi connectivity index (χ0) is 18.6. The number of hydrogen-bond donors (Lipinski definition) is 3. The van der Waals surface area contributed by atoms with Gasteiger partial charge in [-0.1, -0.05) is 19.9 Å². The average Bonchev–Trinajstić information content (AvgIpc) is 3.36. The fraction of sp³-hybridized carbons (Fsp3) is 0.529. The molecule has 3 N–H and O–H groups in total. The molecule has 1 aliphatic carbocycles. The predicted octanol–water partition coefficient (Wildman–Crippen LogP) is 1.60. The number of sulfonamides is 1. The first-order valence-corrected chi connectivity index (χ1v) is 9.80. The minimum Gasteiger partial charge on any atom is -0.480 e. The Balaban J connectivity index is 2.10. The van der Waals surface area contributed by atoms with Gasteiger partial charge in [0.25, 0.3) is 5.91 Å². The molecular weight excluding hydrogens is 344 g/mol. The quantitative estimate of drug-likeness (QED) is 0.613. The van der Waals surface area contributed by atoms with Crippen LogP contribution >= 0.6 is 0 Å². The van der Waals surface area contributed by atoms with Gasteiger partial charge in [-0.15, -0.1) is 0 Å². The van der Waals surface area contributed by atoms with E-state index in [2.05, 4.69) is 10.0 Å². The van der Waals surface area contributed by atoms with Gasteiger partial charge in [0.2, 0.25) is 10.0 Å². The van der Waals surface area contributed by atoms with Crippen LogP contribution in [-0.4, -0.2) is 38.0 Å². The molecule has 0 saturated heterocycles. The summed E-state index contributed by atoms with van der Waals surface area (Å²) in [4.78, 5) is 23.6. The van der Waals surface area contributed by atoms with Crippen molar-refractivity contribution in [3.63, 3.8) is 0 Å². The monoisotopic (exact) mass is 368 g/mol. The standard InChI is InChI=1S/C17H24N2O5S/c1-11(2)8-15(17(21)22)19-16(20)13-4-3-5-14(9-13)25(23,24)18-10-12-6-7-12/h3-5,9,11-12,15,18H,6-8,10H2,1-2H3,(H,19,20)(H,21,22)/t15-/m1/s1. The van der Waals surface area contributed by atoms with Crippen molar-refractivity contribution in [1.29, 1.82) is 0 Å². The van der Waals surface area contributed by atoms with Gasteiger partial charge in [-0.2, -0.15) is 0 Å². The first-order valence-electron chi connectivity index (χ1n) is 8.32. The molecule has 8 heteroatoms. The molecule has 138 valence electrons. The second-order valence-corrected chi connectivity index (χ2v) is 8.58. The van der Waals surface area contributed by atoms with Gasteiger partial charge in [0, 0.05) is 12.1 Å². The Bertz CT molecular complexity index is 741. The van der Waals surface area contributed by atoms with E-state index in [9.17, 15) is 23.1 Å². The van der Waals surface area contributed by atoms with Crippen molar-refractivity contribution in [3.8, 4) is 0 Å². The Kier molecular flexibility index (Phi) is 6.18. The van der Waals surface area contributed by atoms with Gasteiger partial charge in [-0.25, -0.2) is 17.9 Å². The first-order chi connectivity index (χ1) is 11.7. The van der Waals surface area contributed by atoms with Crippen LogP contribution < -0.4 is 10.0 Å². The van der Waals surface area contributed by atoms with Crippen molar-refractivity contribution in [3.05, 3.63) is 29.8 Å². The molecule has 1 aromatic carbocycles. The van der Waals surface area contributed by atoms with E-state index >= 15 is 0 Å². The van der Waals surface area contributed by atoms with E-state index in [0.29, 0.717) is 18.9 Å².